The third-order valence-electron chi connectivity index (χ3n) is 1.41. The van der Waals surface area contributed by atoms with Crippen molar-refractivity contribution in [2.75, 3.05) is 18.5 Å². The average molecular weight is 252 g/mol. The van der Waals surface area contributed by atoms with Crippen LogP contribution in [0.5, 0.6) is 5.88 Å². The van der Waals surface area contributed by atoms with Crippen molar-refractivity contribution < 1.29 is 4.74 Å². The second kappa shape index (κ2) is 3.91. The number of nitrogens with one attached hydrogen (secondary N) is 1. The lowest BCUT2D eigenvalue weighted by molar-refractivity contribution is 0.306. The molecule has 1 aliphatic rings. The summed E-state index contributed by atoms with van der Waals surface area (Å²) in [5.74, 6) is 0.575. The van der Waals surface area contributed by atoms with Crippen molar-refractivity contribution in [1.82, 2.24) is 10.2 Å². The SMILES string of the molecule is Brc1cnnc2c1NCCO2.Cl. The first-order valence-electron chi connectivity index (χ1n) is 3.26. The van der Waals surface area contributed by atoms with Crippen molar-refractivity contribution >= 4 is 34.0 Å². The van der Waals surface area contributed by atoms with Crippen LogP contribution in [-0.2, 0) is 0 Å². The van der Waals surface area contributed by atoms with Gasteiger partial charge in [-0.1, -0.05) is 0 Å². The van der Waals surface area contributed by atoms with Gasteiger partial charge in [0.25, 0.3) is 5.88 Å². The highest BCUT2D eigenvalue weighted by atomic mass is 79.9. The van der Waals surface area contributed by atoms with E-state index in [9.17, 15) is 0 Å². The molecule has 0 amide bonds. The first kappa shape index (κ1) is 9.54. The fraction of sp³-hybridized carbons (Fsp3) is 0.333. The van der Waals surface area contributed by atoms with Gasteiger partial charge in [-0.15, -0.1) is 17.5 Å². The van der Waals surface area contributed by atoms with Gasteiger partial charge in [0, 0.05) is 6.54 Å². The second-order valence-electron chi connectivity index (χ2n) is 2.15. The maximum Gasteiger partial charge on any atom is 0.258 e. The van der Waals surface area contributed by atoms with Crippen LogP contribution in [0.1, 0.15) is 0 Å². The molecule has 0 fully saturated rings. The van der Waals surface area contributed by atoms with Crippen LogP contribution in [0, 0.1) is 0 Å². The Hall–Kier alpha value is -0.550. The molecule has 0 saturated heterocycles. The summed E-state index contributed by atoms with van der Waals surface area (Å²) in [4.78, 5) is 0. The van der Waals surface area contributed by atoms with Gasteiger partial charge in [0.1, 0.15) is 12.3 Å². The van der Waals surface area contributed by atoms with E-state index in [-0.39, 0.29) is 12.4 Å². The number of nitrogens with zero attached hydrogens (tertiary/aromatic N) is 2. The first-order valence-corrected chi connectivity index (χ1v) is 4.05. The molecule has 1 N–H and O–H groups in total. The maximum atomic E-state index is 5.24. The van der Waals surface area contributed by atoms with E-state index in [2.05, 4.69) is 31.4 Å². The van der Waals surface area contributed by atoms with Gasteiger partial charge >= 0.3 is 0 Å². The van der Waals surface area contributed by atoms with E-state index in [1.165, 1.54) is 0 Å². The van der Waals surface area contributed by atoms with Gasteiger partial charge in [-0.25, -0.2) is 0 Å². The Morgan fingerprint density at radius 1 is 1.58 bits per heavy atom. The highest BCUT2D eigenvalue weighted by molar-refractivity contribution is 9.10. The Balaban J connectivity index is 0.000000720. The molecule has 0 saturated carbocycles. The number of hydrogen-bond acceptors (Lipinski definition) is 4. The molecule has 1 aromatic heterocycles. The molecule has 6 heteroatoms. The van der Waals surface area contributed by atoms with Gasteiger partial charge in [0.15, 0.2) is 0 Å². The van der Waals surface area contributed by atoms with Crippen LogP contribution >= 0.6 is 28.3 Å². The summed E-state index contributed by atoms with van der Waals surface area (Å²) < 4.78 is 6.13. The molecule has 2 heterocycles. The molecule has 0 atom stereocenters. The molecule has 1 aromatic rings. The lowest BCUT2D eigenvalue weighted by Gasteiger charge is -2.17. The van der Waals surface area contributed by atoms with E-state index in [1.54, 1.807) is 6.20 Å². The number of anilines is 1. The normalized spacial score (nSPS) is 13.4. The number of fused-ring (bicyclic) bond motifs is 1. The average Bonchev–Trinajstić information content (AvgIpc) is 2.06. The summed E-state index contributed by atoms with van der Waals surface area (Å²) in [5.41, 5.74) is 0.895. The van der Waals surface area contributed by atoms with Crippen LogP contribution in [-0.4, -0.2) is 23.3 Å². The summed E-state index contributed by atoms with van der Waals surface area (Å²) in [5, 5.41) is 10.7. The minimum Gasteiger partial charge on any atom is -0.473 e. The maximum absolute atomic E-state index is 5.24. The third-order valence-corrected chi connectivity index (χ3v) is 2.02. The quantitative estimate of drug-likeness (QED) is 0.759. The van der Waals surface area contributed by atoms with Crippen molar-refractivity contribution in [3.8, 4) is 5.88 Å². The molecule has 66 valence electrons. The molecular formula is C6H7BrClN3O. The largest absolute Gasteiger partial charge is 0.473 e. The Morgan fingerprint density at radius 2 is 2.42 bits per heavy atom. The van der Waals surface area contributed by atoms with Crippen LogP contribution in [0.3, 0.4) is 0 Å². The molecule has 0 aromatic carbocycles. The molecule has 1 aliphatic heterocycles. The van der Waals surface area contributed by atoms with Gasteiger partial charge in [0.2, 0.25) is 0 Å². The van der Waals surface area contributed by atoms with Crippen molar-refractivity contribution in [3.05, 3.63) is 10.7 Å². The zero-order valence-corrected chi connectivity index (χ0v) is 8.48. The van der Waals surface area contributed by atoms with Gasteiger partial charge in [-0.3, -0.25) is 0 Å². The van der Waals surface area contributed by atoms with Crippen LogP contribution in [0.15, 0.2) is 10.7 Å². The predicted molar refractivity (Wildman–Crippen MR) is 51.0 cm³/mol. The fourth-order valence-corrected chi connectivity index (χ4v) is 1.33. The summed E-state index contributed by atoms with van der Waals surface area (Å²) in [6.07, 6.45) is 1.64. The molecule has 0 aliphatic carbocycles. The van der Waals surface area contributed by atoms with Gasteiger partial charge in [-0.05, 0) is 15.9 Å². The number of rotatable bonds is 0. The molecule has 0 spiro atoms. The number of hydrogen-bond donors (Lipinski definition) is 1. The van der Waals surface area contributed by atoms with Crippen LogP contribution < -0.4 is 10.1 Å². The molecule has 0 bridgehead atoms. The zero-order valence-electron chi connectivity index (χ0n) is 6.08. The van der Waals surface area contributed by atoms with Crippen LogP contribution in [0.4, 0.5) is 5.69 Å². The predicted octanol–water partition coefficient (Wildman–Crippen LogP) is 1.47. The highest BCUT2D eigenvalue weighted by Crippen LogP contribution is 2.30. The van der Waals surface area contributed by atoms with Crippen molar-refractivity contribution in [3.63, 3.8) is 0 Å². The summed E-state index contributed by atoms with van der Waals surface area (Å²) >= 11 is 3.34. The molecule has 12 heavy (non-hydrogen) atoms. The Labute approximate surface area is 84.2 Å². The van der Waals surface area contributed by atoms with E-state index in [0.29, 0.717) is 12.5 Å². The number of halogens is 2. The van der Waals surface area contributed by atoms with E-state index in [4.69, 9.17) is 4.74 Å². The smallest absolute Gasteiger partial charge is 0.258 e. The summed E-state index contributed by atoms with van der Waals surface area (Å²) in [6, 6.07) is 0. The minimum atomic E-state index is 0. The molecule has 0 radical (unpaired) electrons. The van der Waals surface area contributed by atoms with Crippen LogP contribution in [0.25, 0.3) is 0 Å². The van der Waals surface area contributed by atoms with Crippen LogP contribution in [0.2, 0.25) is 0 Å². The standard InChI is InChI=1S/C6H6BrN3O.ClH/c7-4-3-9-10-6-5(4)8-1-2-11-6;/h3,8H,1-2H2;1H. The Bertz CT molecular complexity index is 283. The van der Waals surface area contributed by atoms with Crippen molar-refractivity contribution in [2.24, 2.45) is 0 Å². The van der Waals surface area contributed by atoms with Gasteiger partial charge in [0.05, 0.1) is 10.7 Å². The second-order valence-corrected chi connectivity index (χ2v) is 3.00. The molecule has 2 rings (SSSR count). The summed E-state index contributed by atoms with van der Waals surface area (Å²) in [7, 11) is 0. The van der Waals surface area contributed by atoms with Crippen molar-refractivity contribution in [2.45, 2.75) is 0 Å². The number of ether oxygens (including phenoxy) is 1. The van der Waals surface area contributed by atoms with E-state index in [0.717, 1.165) is 16.7 Å². The van der Waals surface area contributed by atoms with E-state index in [1.807, 2.05) is 0 Å². The summed E-state index contributed by atoms with van der Waals surface area (Å²) in [6.45, 7) is 1.47. The van der Waals surface area contributed by atoms with Gasteiger partial charge in [-0.2, -0.15) is 5.10 Å². The lowest BCUT2D eigenvalue weighted by Crippen LogP contribution is -2.19. The van der Waals surface area contributed by atoms with Gasteiger partial charge < -0.3 is 10.1 Å². The fourth-order valence-electron chi connectivity index (χ4n) is 0.934. The first-order chi connectivity index (χ1) is 5.38. The van der Waals surface area contributed by atoms with E-state index < -0.39 is 0 Å². The third kappa shape index (κ3) is 1.61. The lowest BCUT2D eigenvalue weighted by atomic mass is 10.4. The highest BCUT2D eigenvalue weighted by Gasteiger charge is 2.13. The Morgan fingerprint density at radius 3 is 3.17 bits per heavy atom. The molecule has 0 unspecified atom stereocenters. The zero-order chi connectivity index (χ0) is 7.68. The topological polar surface area (TPSA) is 47.0 Å². The molecule has 4 nitrogen and oxygen atoms in total. The minimum absolute atomic E-state index is 0. The van der Waals surface area contributed by atoms with Crippen molar-refractivity contribution in [1.29, 1.82) is 0 Å². The van der Waals surface area contributed by atoms with E-state index >= 15 is 0 Å². The number of aromatic nitrogens is 2. The monoisotopic (exact) mass is 251 g/mol. The molecular weight excluding hydrogens is 245 g/mol. The Kier molecular flexibility index (Phi) is 3.11.